The molecule has 0 aromatic rings. The van der Waals surface area contributed by atoms with Crippen molar-refractivity contribution in [2.75, 3.05) is 27.8 Å². The minimum Gasteiger partial charge on any atom is -0.459 e. The van der Waals surface area contributed by atoms with Gasteiger partial charge in [-0.2, -0.15) is 0 Å². The number of cyclic esters (lactones) is 1. The zero-order valence-electron chi connectivity index (χ0n) is 39.6. The van der Waals surface area contributed by atoms with Gasteiger partial charge in [0, 0.05) is 37.3 Å². The fourth-order valence-corrected chi connectivity index (χ4v) is 10.6. The summed E-state index contributed by atoms with van der Waals surface area (Å²) in [5.74, 6) is -3.21. The number of rotatable bonds is 12. The van der Waals surface area contributed by atoms with Crippen LogP contribution in [0.5, 0.6) is 0 Å². The minimum absolute atomic E-state index is 0.0363. The first-order chi connectivity index (χ1) is 28.5. The van der Waals surface area contributed by atoms with Crippen LogP contribution in [0.3, 0.4) is 0 Å². The highest BCUT2D eigenvalue weighted by molar-refractivity contribution is 5.88. The Morgan fingerprint density at radius 1 is 0.885 bits per heavy atom. The van der Waals surface area contributed by atoms with E-state index >= 15 is 0 Å². The van der Waals surface area contributed by atoms with E-state index in [1.807, 2.05) is 39.8 Å². The standard InChI is InChI=1S/C46H84N2O13/c1-14-34-46(10,54)39(50)28(4)36(47-56-22-18-21-32-19-16-15-17-20-32)26(2)24-44(8,53)41(61-43-37(49)33(48(11)12)23-27(3)57-43)29(5)38(30(6)42(52)59-34)60-35-25-45(9,55-13)40(51)31(7)58-35/h26-35,37-41,43,49-51,53-54H,14-25H2,1-13H3/b47-36+/t26-,27-,28-,29+,30-,31+,33+,34+,35?,37-,38+,39-,40+,41-,43+,44?,45-,46-/m1/s1. The van der Waals surface area contributed by atoms with E-state index in [-0.39, 0.29) is 31.4 Å². The van der Waals surface area contributed by atoms with Crippen molar-refractivity contribution in [2.45, 2.75) is 224 Å². The van der Waals surface area contributed by atoms with Gasteiger partial charge in [0.05, 0.1) is 53.4 Å². The molecular weight excluding hydrogens is 789 g/mol. The number of oxime groups is 1. The van der Waals surface area contributed by atoms with E-state index in [0.717, 1.165) is 12.8 Å². The number of hydrogen-bond acceptors (Lipinski definition) is 15. The highest BCUT2D eigenvalue weighted by atomic mass is 16.7. The average molecular weight is 873 g/mol. The van der Waals surface area contributed by atoms with Gasteiger partial charge in [-0.1, -0.05) is 65.0 Å². The second-order valence-electron chi connectivity index (χ2n) is 20.1. The second-order valence-corrected chi connectivity index (χ2v) is 20.1. The van der Waals surface area contributed by atoms with Crippen LogP contribution < -0.4 is 0 Å². The van der Waals surface area contributed by atoms with Crippen LogP contribution in [0.4, 0.5) is 0 Å². The van der Waals surface area contributed by atoms with Gasteiger partial charge in [-0.3, -0.25) is 4.79 Å². The lowest BCUT2D eigenvalue weighted by Crippen LogP contribution is -2.61. The largest absolute Gasteiger partial charge is 0.459 e. The lowest BCUT2D eigenvalue weighted by atomic mass is 9.73. The van der Waals surface area contributed by atoms with Crippen LogP contribution in [0.1, 0.15) is 140 Å². The number of nitrogens with zero attached hydrogens (tertiary/aromatic N) is 2. The maximum atomic E-state index is 14.4. The number of esters is 1. The van der Waals surface area contributed by atoms with Crippen molar-refractivity contribution in [1.82, 2.24) is 4.90 Å². The molecule has 4 fully saturated rings. The van der Waals surface area contributed by atoms with Crippen molar-refractivity contribution >= 4 is 11.7 Å². The summed E-state index contributed by atoms with van der Waals surface area (Å²) in [7, 11) is 5.27. The lowest BCUT2D eigenvalue weighted by Gasteiger charge is -2.49. The normalized spacial score (nSPS) is 46.0. The molecule has 3 saturated heterocycles. The highest BCUT2D eigenvalue weighted by Crippen LogP contribution is 2.41. The molecule has 3 heterocycles. The van der Waals surface area contributed by atoms with E-state index in [9.17, 15) is 30.3 Å². The molecule has 1 aliphatic carbocycles. The Labute approximate surface area is 366 Å². The summed E-state index contributed by atoms with van der Waals surface area (Å²) in [5, 5.41) is 64.3. The number of ether oxygens (including phenoxy) is 6. The molecular formula is C46H84N2O13. The van der Waals surface area contributed by atoms with Gasteiger partial charge in [0.15, 0.2) is 12.6 Å². The van der Waals surface area contributed by atoms with Crippen molar-refractivity contribution in [1.29, 1.82) is 0 Å². The lowest BCUT2D eigenvalue weighted by molar-refractivity contribution is -0.317. The maximum absolute atomic E-state index is 14.4. The Morgan fingerprint density at radius 3 is 2.15 bits per heavy atom. The Kier molecular flexibility index (Phi) is 18.9. The molecule has 15 nitrogen and oxygen atoms in total. The van der Waals surface area contributed by atoms with Gasteiger partial charge in [-0.05, 0) is 93.7 Å². The fourth-order valence-electron chi connectivity index (χ4n) is 10.6. The van der Waals surface area contributed by atoms with Crippen molar-refractivity contribution in [3.05, 3.63) is 0 Å². The highest BCUT2D eigenvalue weighted by Gasteiger charge is 2.53. The molecule has 0 amide bonds. The van der Waals surface area contributed by atoms with Crippen molar-refractivity contribution in [2.24, 2.45) is 34.7 Å². The van der Waals surface area contributed by atoms with Crippen LogP contribution in [0.25, 0.3) is 0 Å². The quantitative estimate of drug-likeness (QED) is 0.100. The number of aliphatic hydroxyl groups is 5. The van der Waals surface area contributed by atoms with Crippen LogP contribution in [-0.4, -0.2) is 154 Å². The Morgan fingerprint density at radius 2 is 1.54 bits per heavy atom. The first kappa shape index (κ1) is 52.1. The van der Waals surface area contributed by atoms with E-state index < -0.39 is 102 Å². The third-order valence-electron chi connectivity index (χ3n) is 14.6. The van der Waals surface area contributed by atoms with Gasteiger partial charge in [0.1, 0.15) is 30.5 Å². The number of aliphatic hydroxyl groups excluding tert-OH is 3. The first-order valence-electron chi connectivity index (χ1n) is 23.2. The zero-order chi connectivity index (χ0) is 45.6. The van der Waals surface area contributed by atoms with Crippen molar-refractivity contribution in [3.8, 4) is 0 Å². The molecule has 0 bridgehead atoms. The van der Waals surface area contributed by atoms with Gasteiger partial charge in [0.25, 0.3) is 0 Å². The minimum atomic E-state index is -1.92. The van der Waals surface area contributed by atoms with Gasteiger partial charge in [-0.15, -0.1) is 0 Å². The van der Waals surface area contributed by atoms with Gasteiger partial charge >= 0.3 is 5.97 Å². The van der Waals surface area contributed by atoms with Gasteiger partial charge in [0.2, 0.25) is 0 Å². The summed E-state index contributed by atoms with van der Waals surface area (Å²) in [6.45, 7) is 17.7. The summed E-state index contributed by atoms with van der Waals surface area (Å²) < 4.78 is 37.9. The summed E-state index contributed by atoms with van der Waals surface area (Å²) in [5.41, 5.74) is -4.26. The molecule has 15 heteroatoms. The predicted molar refractivity (Wildman–Crippen MR) is 230 cm³/mol. The SMILES string of the molecule is CC[C@@H]1OC(=O)[C@H](C)[C@@H](OC2C[C@@](C)(OC)[C@@H](O)[C@H](C)O2)[C@H](C)[C@@H](O[C@@H]2O[C@H](C)C[C@H](N(C)C)[C@H]2O)C(C)(O)C[C@@H](C)/C(=N\OCCCC2CCCCC2)[C@@H](C)[C@@H](O)[C@]1(C)O. The summed E-state index contributed by atoms with van der Waals surface area (Å²) in [6.07, 6.45) is -0.921. The Balaban J connectivity index is 1.80. The second kappa shape index (κ2) is 22.1. The van der Waals surface area contributed by atoms with E-state index in [2.05, 4.69) is 5.16 Å². The van der Waals surface area contributed by atoms with Crippen LogP contribution in [0.2, 0.25) is 0 Å². The number of carbonyl (C=O) groups is 1. The Hall–Kier alpha value is -1.50. The predicted octanol–water partition coefficient (Wildman–Crippen LogP) is 4.95. The maximum Gasteiger partial charge on any atom is 0.311 e. The molecule has 5 N–H and O–H groups in total. The molecule has 0 aromatic carbocycles. The van der Waals surface area contributed by atoms with Crippen LogP contribution in [0.15, 0.2) is 5.16 Å². The van der Waals surface area contributed by atoms with E-state index in [0.29, 0.717) is 24.7 Å². The topological polar surface area (TPSA) is 198 Å². The molecule has 61 heavy (non-hydrogen) atoms. The molecule has 4 aliphatic rings. The van der Waals surface area contributed by atoms with Crippen LogP contribution >= 0.6 is 0 Å². The molecule has 0 radical (unpaired) electrons. The fraction of sp³-hybridized carbons (Fsp3) is 0.957. The van der Waals surface area contributed by atoms with Crippen molar-refractivity contribution < 1.29 is 63.6 Å². The molecule has 1 saturated carbocycles. The van der Waals surface area contributed by atoms with Crippen LogP contribution in [-0.2, 0) is 38.1 Å². The van der Waals surface area contributed by atoms with E-state index in [1.54, 1.807) is 41.5 Å². The zero-order valence-corrected chi connectivity index (χ0v) is 39.6. The van der Waals surface area contributed by atoms with Crippen LogP contribution in [0, 0.1) is 29.6 Å². The van der Waals surface area contributed by atoms with Crippen molar-refractivity contribution in [3.63, 3.8) is 0 Å². The van der Waals surface area contributed by atoms with E-state index in [1.165, 1.54) is 46.1 Å². The number of likely N-dealkylation sites (N-methyl/N-ethyl adjacent to an activating group) is 1. The van der Waals surface area contributed by atoms with Gasteiger partial charge < -0.3 is 63.7 Å². The number of carbonyl (C=O) groups excluding carboxylic acids is 1. The molecule has 4 rings (SSSR count). The molecule has 0 spiro atoms. The smallest absolute Gasteiger partial charge is 0.311 e. The average Bonchev–Trinajstić information content (AvgIpc) is 3.20. The third-order valence-corrected chi connectivity index (χ3v) is 14.6. The summed E-state index contributed by atoms with van der Waals surface area (Å²) in [6, 6.07) is -0.308. The Bertz CT molecular complexity index is 1390. The summed E-state index contributed by atoms with van der Waals surface area (Å²) >= 11 is 0. The molecule has 2 unspecified atom stereocenters. The number of hydrogen-bond donors (Lipinski definition) is 5. The monoisotopic (exact) mass is 873 g/mol. The molecule has 3 aliphatic heterocycles. The molecule has 18 atom stereocenters. The molecule has 356 valence electrons. The number of methoxy groups -OCH3 is 1. The van der Waals surface area contributed by atoms with E-state index in [4.69, 9.17) is 33.3 Å². The summed E-state index contributed by atoms with van der Waals surface area (Å²) in [4.78, 5) is 22.3. The molecule has 0 aromatic heterocycles. The third kappa shape index (κ3) is 12.7. The van der Waals surface area contributed by atoms with Gasteiger partial charge in [-0.25, -0.2) is 0 Å². The first-order valence-corrected chi connectivity index (χ1v) is 23.2.